The van der Waals surface area contributed by atoms with Crippen LogP contribution in [0, 0.1) is 24.2 Å². The van der Waals surface area contributed by atoms with Crippen molar-refractivity contribution in [3.05, 3.63) is 70.9 Å². The first-order valence-corrected chi connectivity index (χ1v) is 9.09. The second-order valence-corrected chi connectivity index (χ2v) is 7.16. The minimum atomic E-state index is 0.405. The number of nitrogens with zero attached hydrogens (tertiary/aromatic N) is 2. The third-order valence-corrected chi connectivity index (χ3v) is 4.50. The topological polar surface area (TPSA) is 53.8 Å². The quantitative estimate of drug-likeness (QED) is 0.449. The summed E-state index contributed by atoms with van der Waals surface area (Å²) in [4.78, 5) is 15.5. The van der Waals surface area contributed by atoms with Gasteiger partial charge < -0.3 is 0 Å². The number of pyridine rings is 1. The molecule has 0 aliphatic heterocycles. The minimum absolute atomic E-state index is 0.405. The average Bonchev–Trinajstić information content (AvgIpc) is 2.65. The van der Waals surface area contributed by atoms with E-state index in [1.54, 1.807) is 6.08 Å². The van der Waals surface area contributed by atoms with E-state index >= 15 is 0 Å². The van der Waals surface area contributed by atoms with E-state index in [2.05, 4.69) is 44.2 Å². The summed E-state index contributed by atoms with van der Waals surface area (Å²) in [6, 6.07) is 16.5. The molecule has 27 heavy (non-hydrogen) atoms. The zero-order valence-electron chi connectivity index (χ0n) is 15.9. The summed E-state index contributed by atoms with van der Waals surface area (Å²) in [5.74, 6) is 0.405. The molecule has 0 aliphatic rings. The third-order valence-electron chi connectivity index (χ3n) is 4.50. The lowest BCUT2D eigenvalue weighted by Crippen LogP contribution is -2.04. The van der Waals surface area contributed by atoms with E-state index in [1.165, 1.54) is 11.6 Å². The number of carbonyl (C=O) groups excluding carboxylic acids is 1. The number of hydrogen-bond acceptors (Lipinski definition) is 3. The smallest absolute Gasteiger partial charge is 0.142 e. The van der Waals surface area contributed by atoms with E-state index in [4.69, 9.17) is 4.98 Å². The monoisotopic (exact) mass is 354 g/mol. The van der Waals surface area contributed by atoms with Crippen LogP contribution < -0.4 is 0 Å². The molecule has 3 rings (SSSR count). The molecule has 0 N–H and O–H groups in total. The van der Waals surface area contributed by atoms with E-state index in [9.17, 15) is 10.1 Å². The Labute approximate surface area is 160 Å². The SMILES string of the molecule is Cc1ccc(-c2c(C#N)c(CC(C)C)nc3ccc(/C=C/C=O)cc23)cc1. The van der Waals surface area contributed by atoms with Crippen molar-refractivity contribution in [3.63, 3.8) is 0 Å². The molecule has 2 aromatic carbocycles. The molecule has 0 bridgehead atoms. The van der Waals surface area contributed by atoms with Gasteiger partial charge in [0, 0.05) is 10.9 Å². The standard InChI is InChI=1S/C24H22N2O/c1-16(2)13-23-21(15-25)24(19-9-6-17(3)7-10-19)20-14-18(5-4-12-27)8-11-22(20)26-23/h4-12,14,16H,13H2,1-3H3/b5-4+. The Morgan fingerprint density at radius 2 is 1.89 bits per heavy atom. The molecular formula is C24H22N2O. The van der Waals surface area contributed by atoms with E-state index < -0.39 is 0 Å². The Bertz CT molecular complexity index is 1050. The van der Waals surface area contributed by atoms with Crippen molar-refractivity contribution in [1.82, 2.24) is 4.98 Å². The Kier molecular flexibility index (Phi) is 5.47. The molecule has 134 valence electrons. The molecule has 0 fully saturated rings. The molecule has 0 aliphatic carbocycles. The number of carbonyl (C=O) groups is 1. The van der Waals surface area contributed by atoms with Crippen LogP contribution in [0.2, 0.25) is 0 Å². The van der Waals surface area contributed by atoms with Crippen LogP contribution >= 0.6 is 0 Å². The summed E-state index contributed by atoms with van der Waals surface area (Å²) in [5, 5.41) is 10.9. The van der Waals surface area contributed by atoms with Gasteiger partial charge in [-0.1, -0.05) is 55.8 Å². The second kappa shape index (κ2) is 7.97. The number of aromatic nitrogens is 1. The van der Waals surface area contributed by atoms with Gasteiger partial charge in [-0.3, -0.25) is 9.78 Å². The molecule has 0 saturated carbocycles. The fraction of sp³-hybridized carbons (Fsp3) is 0.208. The van der Waals surface area contributed by atoms with E-state index in [-0.39, 0.29) is 0 Å². The van der Waals surface area contributed by atoms with Crippen LogP contribution in [0.3, 0.4) is 0 Å². The van der Waals surface area contributed by atoms with Crippen molar-refractivity contribution in [1.29, 1.82) is 5.26 Å². The summed E-state index contributed by atoms with van der Waals surface area (Å²) < 4.78 is 0. The van der Waals surface area contributed by atoms with Gasteiger partial charge >= 0.3 is 0 Å². The van der Waals surface area contributed by atoms with Crippen LogP contribution in [-0.4, -0.2) is 11.3 Å². The molecule has 0 unspecified atom stereocenters. The normalized spacial score (nSPS) is 11.2. The highest BCUT2D eigenvalue weighted by Crippen LogP contribution is 2.34. The number of fused-ring (bicyclic) bond motifs is 1. The number of hydrogen-bond donors (Lipinski definition) is 0. The average molecular weight is 354 g/mol. The predicted molar refractivity (Wildman–Crippen MR) is 110 cm³/mol. The number of aryl methyl sites for hydroxylation is 1. The molecule has 0 saturated heterocycles. The van der Waals surface area contributed by atoms with Crippen LogP contribution in [0.1, 0.15) is 36.2 Å². The summed E-state index contributed by atoms with van der Waals surface area (Å²) >= 11 is 0. The molecule has 0 radical (unpaired) electrons. The first-order valence-electron chi connectivity index (χ1n) is 9.09. The third kappa shape index (κ3) is 3.96. The van der Waals surface area contributed by atoms with Gasteiger partial charge in [-0.2, -0.15) is 5.26 Å². The number of benzene rings is 2. The molecule has 0 amide bonds. The van der Waals surface area contributed by atoms with Crippen LogP contribution in [0.15, 0.2) is 48.5 Å². The number of allylic oxidation sites excluding steroid dienone is 1. The van der Waals surface area contributed by atoms with Crippen molar-refractivity contribution in [2.45, 2.75) is 27.2 Å². The van der Waals surface area contributed by atoms with E-state index in [0.29, 0.717) is 11.5 Å². The Morgan fingerprint density at radius 3 is 2.52 bits per heavy atom. The summed E-state index contributed by atoms with van der Waals surface area (Å²) in [5.41, 5.74) is 6.34. The lowest BCUT2D eigenvalue weighted by atomic mass is 9.91. The molecule has 3 nitrogen and oxygen atoms in total. The van der Waals surface area contributed by atoms with Crippen molar-refractivity contribution in [3.8, 4) is 17.2 Å². The first kappa shape index (κ1) is 18.5. The molecule has 0 atom stereocenters. The Morgan fingerprint density at radius 1 is 1.15 bits per heavy atom. The lowest BCUT2D eigenvalue weighted by molar-refractivity contribution is -0.104. The number of rotatable bonds is 5. The van der Waals surface area contributed by atoms with Crippen LogP contribution in [0.25, 0.3) is 28.1 Å². The largest absolute Gasteiger partial charge is 0.299 e. The minimum Gasteiger partial charge on any atom is -0.299 e. The molecular weight excluding hydrogens is 332 g/mol. The maximum Gasteiger partial charge on any atom is 0.142 e. The number of nitriles is 1. The maximum absolute atomic E-state index is 10.7. The highest BCUT2D eigenvalue weighted by Gasteiger charge is 2.17. The van der Waals surface area contributed by atoms with Crippen molar-refractivity contribution in [2.24, 2.45) is 5.92 Å². The van der Waals surface area contributed by atoms with Crippen LogP contribution in [0.5, 0.6) is 0 Å². The van der Waals surface area contributed by atoms with Gasteiger partial charge in [-0.25, -0.2) is 0 Å². The van der Waals surface area contributed by atoms with Gasteiger partial charge in [-0.15, -0.1) is 0 Å². The van der Waals surface area contributed by atoms with Crippen LogP contribution in [0.4, 0.5) is 0 Å². The van der Waals surface area contributed by atoms with Crippen LogP contribution in [-0.2, 0) is 11.2 Å². The fourth-order valence-corrected chi connectivity index (χ4v) is 3.26. The van der Waals surface area contributed by atoms with Gasteiger partial charge in [0.25, 0.3) is 0 Å². The summed E-state index contributed by atoms with van der Waals surface area (Å²) in [7, 11) is 0. The van der Waals surface area contributed by atoms with Crippen molar-refractivity contribution in [2.75, 3.05) is 0 Å². The van der Waals surface area contributed by atoms with Gasteiger partial charge in [-0.05, 0) is 48.6 Å². The highest BCUT2D eigenvalue weighted by atomic mass is 16.1. The van der Waals surface area contributed by atoms with Gasteiger partial charge in [0.05, 0.1) is 16.8 Å². The van der Waals surface area contributed by atoms with Crippen molar-refractivity contribution < 1.29 is 4.79 Å². The zero-order chi connectivity index (χ0) is 19.4. The molecule has 3 aromatic rings. The molecule has 3 heteroatoms. The Balaban J connectivity index is 2.37. The summed E-state index contributed by atoms with van der Waals surface area (Å²) in [6.45, 7) is 6.31. The number of aldehydes is 1. The van der Waals surface area contributed by atoms with E-state index in [1.807, 2.05) is 25.1 Å². The fourth-order valence-electron chi connectivity index (χ4n) is 3.26. The highest BCUT2D eigenvalue weighted by molar-refractivity contribution is 5.99. The zero-order valence-corrected chi connectivity index (χ0v) is 15.9. The summed E-state index contributed by atoms with van der Waals surface area (Å²) in [6.07, 6.45) is 4.75. The maximum atomic E-state index is 10.7. The molecule has 1 heterocycles. The van der Waals surface area contributed by atoms with Gasteiger partial charge in [0.2, 0.25) is 0 Å². The van der Waals surface area contributed by atoms with E-state index in [0.717, 1.165) is 46.0 Å². The molecule has 1 aromatic heterocycles. The van der Waals surface area contributed by atoms with Gasteiger partial charge in [0.15, 0.2) is 0 Å². The predicted octanol–water partition coefficient (Wildman–Crippen LogP) is 5.49. The Hall–Kier alpha value is -3.25. The van der Waals surface area contributed by atoms with Gasteiger partial charge in [0.1, 0.15) is 12.4 Å². The first-order chi connectivity index (χ1) is 13.0. The molecule has 0 spiro atoms. The second-order valence-electron chi connectivity index (χ2n) is 7.16. The van der Waals surface area contributed by atoms with Crippen molar-refractivity contribution >= 4 is 23.3 Å². The lowest BCUT2D eigenvalue weighted by Gasteiger charge is -2.15.